The number of rotatable bonds is 4. The smallest absolute Gasteiger partial charge is 0.0641 e. The molecule has 13 rings (SSSR count). The molecule has 0 N–H and O–H groups in total. The number of para-hydroxylation sites is 5. The average Bonchev–Trinajstić information content (AvgIpc) is 3.94. The fraction of sp³-hybridized carbons (Fsp3) is 0. The van der Waals surface area contributed by atoms with Gasteiger partial charge in [-0.25, -0.2) is 0 Å². The Bertz CT molecular complexity index is 3840. The molecule has 274 valence electrons. The Balaban J connectivity index is 1.14. The van der Waals surface area contributed by atoms with Crippen LogP contribution in [-0.4, -0.2) is 13.7 Å². The Morgan fingerprint density at radius 3 is 1.68 bits per heavy atom. The summed E-state index contributed by atoms with van der Waals surface area (Å²) in [6.45, 7) is 0. The highest BCUT2D eigenvalue weighted by atomic mass is 15.0. The molecule has 3 aromatic heterocycles. The van der Waals surface area contributed by atoms with Crippen LogP contribution in [0.25, 0.3) is 115 Å². The van der Waals surface area contributed by atoms with Crippen LogP contribution in [-0.2, 0) is 0 Å². The van der Waals surface area contributed by atoms with Crippen molar-refractivity contribution in [3.63, 3.8) is 0 Å². The summed E-state index contributed by atoms with van der Waals surface area (Å²) in [5, 5.41) is 12.5. The molecule has 0 bridgehead atoms. The summed E-state index contributed by atoms with van der Waals surface area (Å²) in [5.41, 5.74) is 13.1. The van der Waals surface area contributed by atoms with Gasteiger partial charge in [-0.3, -0.25) is 0 Å². The molecule has 0 fully saturated rings. The van der Waals surface area contributed by atoms with Crippen LogP contribution in [0.3, 0.4) is 0 Å². The number of fused-ring (bicyclic) bond motifs is 13. The minimum Gasteiger partial charge on any atom is -0.309 e. The lowest BCUT2D eigenvalue weighted by Crippen LogP contribution is -1.98. The molecule has 3 heteroatoms. The maximum atomic E-state index is 2.54. The molecule has 0 aliphatic carbocycles. The molecule has 10 aromatic carbocycles. The van der Waals surface area contributed by atoms with E-state index in [1.165, 1.54) is 104 Å². The van der Waals surface area contributed by atoms with Crippen molar-refractivity contribution < 1.29 is 0 Å². The maximum absolute atomic E-state index is 2.54. The Morgan fingerprint density at radius 2 is 0.847 bits per heavy atom. The van der Waals surface area contributed by atoms with Gasteiger partial charge in [-0.1, -0.05) is 158 Å². The van der Waals surface area contributed by atoms with Crippen LogP contribution in [0.2, 0.25) is 0 Å². The van der Waals surface area contributed by atoms with Crippen molar-refractivity contribution in [3.05, 3.63) is 212 Å². The average molecular weight is 750 g/mol. The zero-order valence-electron chi connectivity index (χ0n) is 32.0. The van der Waals surface area contributed by atoms with Crippen LogP contribution in [0.15, 0.2) is 212 Å². The van der Waals surface area contributed by atoms with E-state index in [1.54, 1.807) is 0 Å². The van der Waals surface area contributed by atoms with Crippen LogP contribution < -0.4 is 0 Å². The van der Waals surface area contributed by atoms with Gasteiger partial charge in [0.05, 0.1) is 44.5 Å². The van der Waals surface area contributed by atoms with Crippen molar-refractivity contribution in [2.24, 2.45) is 0 Å². The van der Waals surface area contributed by atoms with Gasteiger partial charge in [0.2, 0.25) is 0 Å². The second kappa shape index (κ2) is 12.3. The molecule has 0 saturated carbocycles. The molecule has 0 radical (unpaired) electrons. The molecule has 3 heterocycles. The highest BCUT2D eigenvalue weighted by Crippen LogP contribution is 2.45. The van der Waals surface area contributed by atoms with Crippen molar-refractivity contribution in [2.75, 3.05) is 0 Å². The van der Waals surface area contributed by atoms with Crippen LogP contribution >= 0.6 is 0 Å². The minimum atomic E-state index is 1.15. The van der Waals surface area contributed by atoms with E-state index in [0.29, 0.717) is 0 Å². The molecule has 3 nitrogen and oxygen atoms in total. The van der Waals surface area contributed by atoms with Gasteiger partial charge in [0.1, 0.15) is 0 Å². The van der Waals surface area contributed by atoms with Gasteiger partial charge in [-0.15, -0.1) is 0 Å². The largest absolute Gasteiger partial charge is 0.309 e. The number of nitrogens with zero attached hydrogens (tertiary/aromatic N) is 3. The summed E-state index contributed by atoms with van der Waals surface area (Å²) in [6.07, 6.45) is 0. The van der Waals surface area contributed by atoms with Gasteiger partial charge in [0.25, 0.3) is 0 Å². The summed E-state index contributed by atoms with van der Waals surface area (Å²) < 4.78 is 7.45. The van der Waals surface area contributed by atoms with E-state index in [0.717, 1.165) is 11.4 Å². The lowest BCUT2D eigenvalue weighted by Gasteiger charge is -2.16. The van der Waals surface area contributed by atoms with Gasteiger partial charge < -0.3 is 13.7 Å². The molecular weight excluding hydrogens is 715 g/mol. The van der Waals surface area contributed by atoms with Gasteiger partial charge in [0.15, 0.2) is 0 Å². The molecule has 0 unspecified atom stereocenters. The van der Waals surface area contributed by atoms with Gasteiger partial charge in [-0.05, 0) is 76.3 Å². The van der Waals surface area contributed by atoms with Crippen molar-refractivity contribution in [1.82, 2.24) is 13.7 Å². The Kier molecular flexibility index (Phi) is 6.72. The highest BCUT2D eigenvalue weighted by Gasteiger charge is 2.23. The van der Waals surface area contributed by atoms with Gasteiger partial charge >= 0.3 is 0 Å². The van der Waals surface area contributed by atoms with Crippen LogP contribution in [0.5, 0.6) is 0 Å². The third kappa shape index (κ3) is 4.53. The van der Waals surface area contributed by atoms with Crippen molar-refractivity contribution in [1.29, 1.82) is 0 Å². The topological polar surface area (TPSA) is 14.8 Å². The van der Waals surface area contributed by atoms with E-state index in [4.69, 9.17) is 0 Å². The fourth-order valence-corrected chi connectivity index (χ4v) is 10.2. The molecule has 0 atom stereocenters. The quantitative estimate of drug-likeness (QED) is 0.159. The maximum Gasteiger partial charge on any atom is 0.0641 e. The first kappa shape index (κ1) is 32.2. The number of hydrogen-bond acceptors (Lipinski definition) is 0. The standard InChI is InChI=1S/C56H35N3/c1-2-17-39(18-3-1)57-48-25-11-7-21-42(48)44-32-31-38(35-53(44)57)40-19-6-10-24-47(40)59-49-26-12-8-22-43(49)45-33-34-52-55(56(45)59)46-23-9-13-27-50(46)58(52)51-28-14-16-37-30-29-36-15-4-5-20-41(36)54(37)51/h1-35H. The molecular formula is C56H35N3. The molecule has 0 aliphatic rings. The molecule has 0 aliphatic heterocycles. The van der Waals surface area contributed by atoms with E-state index in [1.807, 2.05) is 0 Å². The van der Waals surface area contributed by atoms with Crippen molar-refractivity contribution in [2.45, 2.75) is 0 Å². The molecule has 0 amide bonds. The minimum absolute atomic E-state index is 1.15. The van der Waals surface area contributed by atoms with E-state index in [9.17, 15) is 0 Å². The predicted octanol–water partition coefficient (Wildman–Crippen LogP) is 15.0. The van der Waals surface area contributed by atoms with Gasteiger partial charge in [-0.2, -0.15) is 0 Å². The first-order valence-electron chi connectivity index (χ1n) is 20.4. The van der Waals surface area contributed by atoms with E-state index in [2.05, 4.69) is 226 Å². The second-order valence-electron chi connectivity index (χ2n) is 15.7. The summed E-state index contributed by atoms with van der Waals surface area (Å²) in [5.74, 6) is 0. The monoisotopic (exact) mass is 749 g/mol. The van der Waals surface area contributed by atoms with Crippen LogP contribution in [0.1, 0.15) is 0 Å². The van der Waals surface area contributed by atoms with E-state index < -0.39 is 0 Å². The van der Waals surface area contributed by atoms with Crippen LogP contribution in [0, 0.1) is 0 Å². The zero-order chi connectivity index (χ0) is 38.6. The lowest BCUT2D eigenvalue weighted by molar-refractivity contribution is 1.18. The van der Waals surface area contributed by atoms with E-state index in [-0.39, 0.29) is 0 Å². The van der Waals surface area contributed by atoms with Crippen molar-refractivity contribution >= 4 is 87.0 Å². The third-order valence-corrected chi connectivity index (χ3v) is 12.6. The summed E-state index contributed by atoms with van der Waals surface area (Å²) >= 11 is 0. The first-order valence-corrected chi connectivity index (χ1v) is 20.4. The number of aromatic nitrogens is 3. The fourth-order valence-electron chi connectivity index (χ4n) is 10.2. The van der Waals surface area contributed by atoms with Crippen LogP contribution in [0.4, 0.5) is 0 Å². The summed E-state index contributed by atoms with van der Waals surface area (Å²) in [7, 11) is 0. The molecule has 13 aromatic rings. The number of hydrogen-bond donors (Lipinski definition) is 0. The Morgan fingerprint density at radius 1 is 0.271 bits per heavy atom. The van der Waals surface area contributed by atoms with Gasteiger partial charge in [0, 0.05) is 49.0 Å². The highest BCUT2D eigenvalue weighted by molar-refractivity contribution is 6.27. The molecule has 59 heavy (non-hydrogen) atoms. The number of benzene rings is 10. The van der Waals surface area contributed by atoms with Crippen molar-refractivity contribution in [3.8, 4) is 28.2 Å². The lowest BCUT2D eigenvalue weighted by atomic mass is 10.0. The molecule has 0 spiro atoms. The SMILES string of the molecule is c1ccc(-n2c3ccccc3c3ccc(-c4ccccc4-n4c5ccccc5c5ccc6c(c7ccccc7n6-c6cccc7ccc8ccccc8c67)c54)cc32)cc1. The zero-order valence-corrected chi connectivity index (χ0v) is 32.0. The predicted molar refractivity (Wildman–Crippen MR) is 250 cm³/mol. The first-order chi connectivity index (χ1) is 29.3. The Hall–Kier alpha value is -7.88. The Labute approximate surface area is 339 Å². The molecule has 0 saturated heterocycles. The third-order valence-electron chi connectivity index (χ3n) is 12.6. The normalized spacial score (nSPS) is 12.1. The summed E-state index contributed by atoms with van der Waals surface area (Å²) in [4.78, 5) is 0. The van der Waals surface area contributed by atoms with E-state index >= 15 is 0 Å². The summed E-state index contributed by atoms with van der Waals surface area (Å²) in [6, 6.07) is 78.0. The second-order valence-corrected chi connectivity index (χ2v) is 15.7.